The molecule has 0 radical (unpaired) electrons. The molecule has 96 valence electrons. The van der Waals surface area contributed by atoms with Crippen LogP contribution in [-0.2, 0) is 5.54 Å². The lowest BCUT2D eigenvalue weighted by molar-refractivity contribution is 0.355. The number of aromatic nitrogens is 1. The maximum Gasteiger partial charge on any atom is 0.114 e. The summed E-state index contributed by atoms with van der Waals surface area (Å²) in [5.41, 5.74) is 2.64. The predicted octanol–water partition coefficient (Wildman–Crippen LogP) is 3.98. The summed E-state index contributed by atoms with van der Waals surface area (Å²) in [6.45, 7) is 5.55. The second kappa shape index (κ2) is 4.63. The SMILES string of the molecule is CCCC1(c2nc3c(C)cccc3s2)CCCN1. The summed E-state index contributed by atoms with van der Waals surface area (Å²) in [6.07, 6.45) is 4.92. The van der Waals surface area contributed by atoms with Gasteiger partial charge in [-0.1, -0.05) is 25.5 Å². The number of benzene rings is 1. The Hall–Kier alpha value is -0.930. The van der Waals surface area contributed by atoms with Gasteiger partial charge in [0.05, 0.1) is 15.8 Å². The molecule has 2 nitrogen and oxygen atoms in total. The first kappa shape index (κ1) is 12.1. The van der Waals surface area contributed by atoms with Gasteiger partial charge in [0.2, 0.25) is 0 Å². The molecule has 1 aromatic heterocycles. The average molecular weight is 260 g/mol. The standard InChI is InChI=1S/C15H20N2S/c1-3-8-15(9-5-10-16-15)14-17-13-11(2)6-4-7-12(13)18-14/h4,6-7,16H,3,5,8-10H2,1-2H3. The summed E-state index contributed by atoms with van der Waals surface area (Å²) in [6, 6.07) is 6.48. The zero-order chi connectivity index (χ0) is 12.6. The molecule has 1 saturated heterocycles. The summed E-state index contributed by atoms with van der Waals surface area (Å²) < 4.78 is 1.33. The van der Waals surface area contributed by atoms with E-state index in [1.165, 1.54) is 46.5 Å². The number of nitrogens with zero attached hydrogens (tertiary/aromatic N) is 1. The fourth-order valence-corrected chi connectivity index (χ4v) is 4.29. The molecule has 2 aromatic rings. The third-order valence-electron chi connectivity index (χ3n) is 3.95. The summed E-state index contributed by atoms with van der Waals surface area (Å²) in [7, 11) is 0. The fraction of sp³-hybridized carbons (Fsp3) is 0.533. The van der Waals surface area contributed by atoms with Crippen molar-refractivity contribution in [3.05, 3.63) is 28.8 Å². The van der Waals surface area contributed by atoms with Gasteiger partial charge in [-0.05, 0) is 44.4 Å². The molecule has 3 rings (SSSR count). The van der Waals surface area contributed by atoms with Crippen molar-refractivity contribution < 1.29 is 0 Å². The van der Waals surface area contributed by atoms with E-state index in [2.05, 4.69) is 37.4 Å². The van der Waals surface area contributed by atoms with E-state index in [9.17, 15) is 0 Å². The highest BCUT2D eigenvalue weighted by Gasteiger charge is 2.37. The van der Waals surface area contributed by atoms with Crippen molar-refractivity contribution in [1.82, 2.24) is 10.3 Å². The van der Waals surface area contributed by atoms with E-state index in [0.717, 1.165) is 6.54 Å². The van der Waals surface area contributed by atoms with Gasteiger partial charge in [-0.15, -0.1) is 11.3 Å². The zero-order valence-electron chi connectivity index (χ0n) is 11.1. The number of para-hydroxylation sites is 1. The van der Waals surface area contributed by atoms with Crippen LogP contribution >= 0.6 is 11.3 Å². The third kappa shape index (κ3) is 1.86. The minimum Gasteiger partial charge on any atom is -0.305 e. The molecule has 1 unspecified atom stereocenters. The van der Waals surface area contributed by atoms with Gasteiger partial charge in [-0.2, -0.15) is 0 Å². The van der Waals surface area contributed by atoms with Crippen molar-refractivity contribution in [3.63, 3.8) is 0 Å². The summed E-state index contributed by atoms with van der Waals surface area (Å²) in [4.78, 5) is 4.94. The molecular weight excluding hydrogens is 240 g/mol. The second-order valence-corrected chi connectivity index (χ2v) is 6.33. The third-order valence-corrected chi connectivity index (χ3v) is 5.18. The van der Waals surface area contributed by atoms with E-state index >= 15 is 0 Å². The van der Waals surface area contributed by atoms with Gasteiger partial charge in [0.1, 0.15) is 5.01 Å². The van der Waals surface area contributed by atoms with Gasteiger partial charge < -0.3 is 5.32 Å². The largest absolute Gasteiger partial charge is 0.305 e. The maximum atomic E-state index is 4.94. The normalized spacial score (nSPS) is 23.9. The van der Waals surface area contributed by atoms with Gasteiger partial charge in [0, 0.05) is 0 Å². The van der Waals surface area contributed by atoms with Gasteiger partial charge >= 0.3 is 0 Å². The predicted molar refractivity (Wildman–Crippen MR) is 78.2 cm³/mol. The number of aryl methyl sites for hydroxylation is 1. The van der Waals surface area contributed by atoms with Crippen molar-refractivity contribution in [3.8, 4) is 0 Å². The molecule has 0 amide bonds. The first-order chi connectivity index (χ1) is 8.75. The first-order valence-electron chi connectivity index (χ1n) is 6.87. The molecule has 0 bridgehead atoms. The van der Waals surface area contributed by atoms with Gasteiger partial charge in [0.15, 0.2) is 0 Å². The average Bonchev–Trinajstić information content (AvgIpc) is 2.97. The Labute approximate surface area is 112 Å². The van der Waals surface area contributed by atoms with Gasteiger partial charge in [0.25, 0.3) is 0 Å². The van der Waals surface area contributed by atoms with Gasteiger partial charge in [-0.3, -0.25) is 0 Å². The highest BCUT2D eigenvalue weighted by molar-refractivity contribution is 7.18. The first-order valence-corrected chi connectivity index (χ1v) is 7.68. The minimum absolute atomic E-state index is 0.158. The van der Waals surface area contributed by atoms with E-state index in [1.54, 1.807) is 0 Å². The van der Waals surface area contributed by atoms with Crippen LogP contribution in [0, 0.1) is 6.92 Å². The number of rotatable bonds is 3. The molecule has 0 spiro atoms. The molecule has 1 aliphatic rings. The monoisotopic (exact) mass is 260 g/mol. The molecule has 1 aromatic carbocycles. The van der Waals surface area contributed by atoms with E-state index in [0.29, 0.717) is 0 Å². The van der Waals surface area contributed by atoms with Crippen LogP contribution in [0.2, 0.25) is 0 Å². The number of nitrogens with one attached hydrogen (secondary N) is 1. The van der Waals surface area contributed by atoms with Crippen LogP contribution < -0.4 is 5.32 Å². The Morgan fingerprint density at radius 3 is 3.00 bits per heavy atom. The number of hydrogen-bond donors (Lipinski definition) is 1. The lowest BCUT2D eigenvalue weighted by atomic mass is 9.93. The van der Waals surface area contributed by atoms with Crippen LogP contribution in [-0.4, -0.2) is 11.5 Å². The van der Waals surface area contributed by atoms with Crippen molar-refractivity contribution in [2.45, 2.75) is 45.1 Å². The van der Waals surface area contributed by atoms with E-state index in [4.69, 9.17) is 4.98 Å². The molecule has 1 aliphatic heterocycles. The van der Waals surface area contributed by atoms with Crippen LogP contribution in [0.15, 0.2) is 18.2 Å². The Bertz CT molecular complexity index is 553. The van der Waals surface area contributed by atoms with Crippen molar-refractivity contribution in [1.29, 1.82) is 0 Å². The fourth-order valence-electron chi connectivity index (χ4n) is 3.03. The molecule has 1 atom stereocenters. The summed E-state index contributed by atoms with van der Waals surface area (Å²) >= 11 is 1.87. The van der Waals surface area contributed by atoms with E-state index in [-0.39, 0.29) is 5.54 Å². The topological polar surface area (TPSA) is 24.9 Å². The van der Waals surface area contributed by atoms with Crippen molar-refractivity contribution >= 4 is 21.6 Å². The quantitative estimate of drug-likeness (QED) is 0.902. The van der Waals surface area contributed by atoms with Crippen molar-refractivity contribution in [2.24, 2.45) is 0 Å². The molecule has 3 heteroatoms. The molecule has 1 fully saturated rings. The molecular formula is C15H20N2S. The van der Waals surface area contributed by atoms with E-state index < -0.39 is 0 Å². The lowest BCUT2D eigenvalue weighted by Gasteiger charge is -2.26. The second-order valence-electron chi connectivity index (χ2n) is 5.30. The molecule has 0 aliphatic carbocycles. The minimum atomic E-state index is 0.158. The Balaban J connectivity index is 2.09. The zero-order valence-corrected chi connectivity index (χ0v) is 11.9. The van der Waals surface area contributed by atoms with Crippen LogP contribution in [0.3, 0.4) is 0 Å². The number of fused-ring (bicyclic) bond motifs is 1. The van der Waals surface area contributed by atoms with Crippen LogP contribution in [0.25, 0.3) is 10.2 Å². The number of thiazole rings is 1. The van der Waals surface area contributed by atoms with E-state index in [1.807, 2.05) is 11.3 Å². The number of hydrogen-bond acceptors (Lipinski definition) is 3. The van der Waals surface area contributed by atoms with Crippen LogP contribution in [0.5, 0.6) is 0 Å². The molecule has 1 N–H and O–H groups in total. The smallest absolute Gasteiger partial charge is 0.114 e. The summed E-state index contributed by atoms with van der Waals surface area (Å²) in [5, 5.41) is 5.01. The van der Waals surface area contributed by atoms with Crippen LogP contribution in [0.4, 0.5) is 0 Å². The molecule has 0 saturated carbocycles. The maximum absolute atomic E-state index is 4.94. The highest BCUT2D eigenvalue weighted by Crippen LogP contribution is 2.39. The Morgan fingerprint density at radius 2 is 2.33 bits per heavy atom. The Morgan fingerprint density at radius 1 is 1.44 bits per heavy atom. The highest BCUT2D eigenvalue weighted by atomic mass is 32.1. The van der Waals surface area contributed by atoms with Gasteiger partial charge in [-0.25, -0.2) is 4.98 Å². The molecule has 2 heterocycles. The van der Waals surface area contributed by atoms with Crippen molar-refractivity contribution in [2.75, 3.05) is 6.54 Å². The van der Waals surface area contributed by atoms with Crippen LogP contribution in [0.1, 0.15) is 43.2 Å². The Kier molecular flexibility index (Phi) is 3.12. The molecule has 18 heavy (non-hydrogen) atoms. The lowest BCUT2D eigenvalue weighted by Crippen LogP contribution is -2.36. The summed E-state index contributed by atoms with van der Waals surface area (Å²) in [5.74, 6) is 0.